The van der Waals surface area contributed by atoms with E-state index in [-0.39, 0.29) is 12.5 Å². The number of hydrogen-bond donors (Lipinski definition) is 1. The van der Waals surface area contributed by atoms with Crippen molar-refractivity contribution in [3.05, 3.63) is 60.4 Å². The first-order valence-electron chi connectivity index (χ1n) is 9.06. The van der Waals surface area contributed by atoms with Crippen molar-refractivity contribution in [2.75, 3.05) is 6.61 Å². The molecule has 1 aromatic heterocycles. The highest BCUT2D eigenvalue weighted by atomic mass is 16.5. The molecule has 0 saturated heterocycles. The molecular weight excluding hydrogens is 340 g/mol. The predicted octanol–water partition coefficient (Wildman–Crippen LogP) is 3.61. The number of ether oxygens (including phenoxy) is 1. The number of aromatic nitrogens is 2. The molecule has 0 aliphatic heterocycles. The van der Waals surface area contributed by atoms with E-state index in [0.717, 1.165) is 28.8 Å². The molecule has 1 N–H and O–H groups in total. The zero-order valence-electron chi connectivity index (χ0n) is 15.6. The summed E-state index contributed by atoms with van der Waals surface area (Å²) in [6, 6.07) is 15.3. The first kappa shape index (κ1) is 18.6. The molecule has 6 nitrogen and oxygen atoms in total. The third-order valence-electron chi connectivity index (χ3n) is 4.09. The second kappa shape index (κ2) is 8.98. The van der Waals surface area contributed by atoms with E-state index in [1.807, 2.05) is 48.5 Å². The molecule has 0 fully saturated rings. The van der Waals surface area contributed by atoms with Crippen LogP contribution in [0.3, 0.4) is 0 Å². The number of carbonyl (C=O) groups is 1. The number of carbonyl (C=O) groups excluding carboxylic acids is 1. The molecule has 6 heteroatoms. The van der Waals surface area contributed by atoms with Crippen molar-refractivity contribution >= 4 is 23.2 Å². The third-order valence-corrected chi connectivity index (χ3v) is 4.09. The van der Waals surface area contributed by atoms with Crippen LogP contribution in [-0.2, 0) is 11.3 Å². The highest BCUT2D eigenvalue weighted by Gasteiger charge is 2.05. The number of fused-ring (bicyclic) bond motifs is 1. The fourth-order valence-corrected chi connectivity index (χ4v) is 2.57. The van der Waals surface area contributed by atoms with E-state index >= 15 is 0 Å². The Morgan fingerprint density at radius 1 is 1.22 bits per heavy atom. The zero-order chi connectivity index (χ0) is 19.1. The van der Waals surface area contributed by atoms with Gasteiger partial charge in [-0.3, -0.25) is 4.79 Å². The Morgan fingerprint density at radius 2 is 2.00 bits per heavy atom. The standard InChI is InChI=1S/C21H24N4O2/c1-16(2)11-12-27-18-9-7-17(8-10-18)13-23-24-21(26)14-25-15-22-19-5-3-4-6-20(19)25/h3-10,13,15-16H,11-12,14H2,1-2H3,(H,24,26)/b23-13-. The minimum absolute atomic E-state index is 0.167. The van der Waals surface area contributed by atoms with Crippen molar-refractivity contribution < 1.29 is 9.53 Å². The number of hydrazone groups is 1. The topological polar surface area (TPSA) is 68.5 Å². The van der Waals surface area contributed by atoms with Gasteiger partial charge in [0.1, 0.15) is 12.3 Å². The second-order valence-electron chi connectivity index (χ2n) is 6.75. The lowest BCUT2D eigenvalue weighted by Crippen LogP contribution is -2.22. The number of benzene rings is 2. The minimum Gasteiger partial charge on any atom is -0.494 e. The molecule has 0 unspecified atom stereocenters. The molecule has 3 rings (SSSR count). The number of imidazole rings is 1. The molecule has 2 aromatic carbocycles. The summed E-state index contributed by atoms with van der Waals surface area (Å²) in [4.78, 5) is 16.3. The van der Waals surface area contributed by atoms with Gasteiger partial charge in [-0.15, -0.1) is 0 Å². The van der Waals surface area contributed by atoms with Crippen LogP contribution in [0.5, 0.6) is 5.75 Å². The van der Waals surface area contributed by atoms with Crippen molar-refractivity contribution in [2.45, 2.75) is 26.8 Å². The Labute approximate surface area is 158 Å². The first-order chi connectivity index (χ1) is 13.1. The van der Waals surface area contributed by atoms with Gasteiger partial charge in [0, 0.05) is 0 Å². The molecule has 0 bridgehead atoms. The van der Waals surface area contributed by atoms with Gasteiger partial charge in [0.2, 0.25) is 0 Å². The summed E-state index contributed by atoms with van der Waals surface area (Å²) in [6.07, 6.45) is 4.30. The summed E-state index contributed by atoms with van der Waals surface area (Å²) in [6.45, 7) is 5.23. The monoisotopic (exact) mass is 364 g/mol. The lowest BCUT2D eigenvalue weighted by molar-refractivity contribution is -0.121. The molecule has 0 spiro atoms. The van der Waals surface area contributed by atoms with Crippen LogP contribution < -0.4 is 10.2 Å². The summed E-state index contributed by atoms with van der Waals surface area (Å²) in [5.41, 5.74) is 5.22. The van der Waals surface area contributed by atoms with Crippen LogP contribution in [0.15, 0.2) is 60.0 Å². The number of para-hydroxylation sites is 2. The molecule has 0 aliphatic carbocycles. The number of nitrogens with one attached hydrogen (secondary N) is 1. The Morgan fingerprint density at radius 3 is 2.78 bits per heavy atom. The Bertz CT molecular complexity index is 913. The van der Waals surface area contributed by atoms with E-state index < -0.39 is 0 Å². The van der Waals surface area contributed by atoms with E-state index in [0.29, 0.717) is 12.5 Å². The van der Waals surface area contributed by atoms with Crippen LogP contribution in [-0.4, -0.2) is 28.3 Å². The number of rotatable bonds is 8. The molecule has 0 radical (unpaired) electrons. The smallest absolute Gasteiger partial charge is 0.260 e. The summed E-state index contributed by atoms with van der Waals surface area (Å²) < 4.78 is 7.48. The van der Waals surface area contributed by atoms with Crippen LogP contribution in [0.2, 0.25) is 0 Å². The highest BCUT2D eigenvalue weighted by Crippen LogP contribution is 2.13. The Balaban J connectivity index is 1.49. The van der Waals surface area contributed by atoms with Crippen LogP contribution in [0.25, 0.3) is 11.0 Å². The van der Waals surface area contributed by atoms with Gasteiger partial charge in [-0.2, -0.15) is 5.10 Å². The van der Waals surface area contributed by atoms with E-state index in [2.05, 4.69) is 29.4 Å². The fraction of sp³-hybridized carbons (Fsp3) is 0.286. The molecule has 3 aromatic rings. The Kier molecular flexibility index (Phi) is 6.20. The van der Waals surface area contributed by atoms with Crippen LogP contribution in [0, 0.1) is 5.92 Å². The van der Waals surface area contributed by atoms with Crippen LogP contribution in [0.4, 0.5) is 0 Å². The average Bonchev–Trinajstić information content (AvgIpc) is 3.06. The fourth-order valence-electron chi connectivity index (χ4n) is 2.57. The van der Waals surface area contributed by atoms with Gasteiger partial charge in [0.05, 0.1) is 30.2 Å². The van der Waals surface area contributed by atoms with Gasteiger partial charge in [-0.05, 0) is 54.3 Å². The lowest BCUT2D eigenvalue weighted by atomic mass is 10.1. The van der Waals surface area contributed by atoms with Gasteiger partial charge in [0.15, 0.2) is 0 Å². The molecule has 1 amide bonds. The molecular formula is C21H24N4O2. The molecule has 0 saturated carbocycles. The first-order valence-corrected chi connectivity index (χ1v) is 9.06. The van der Waals surface area contributed by atoms with Gasteiger partial charge in [0.25, 0.3) is 5.91 Å². The van der Waals surface area contributed by atoms with Gasteiger partial charge < -0.3 is 9.30 Å². The maximum atomic E-state index is 12.1. The normalized spacial score (nSPS) is 11.4. The van der Waals surface area contributed by atoms with Crippen LogP contribution >= 0.6 is 0 Å². The summed E-state index contributed by atoms with van der Waals surface area (Å²) in [7, 11) is 0. The summed E-state index contributed by atoms with van der Waals surface area (Å²) in [5.74, 6) is 1.26. The van der Waals surface area contributed by atoms with Gasteiger partial charge >= 0.3 is 0 Å². The van der Waals surface area contributed by atoms with Crippen molar-refractivity contribution in [1.82, 2.24) is 15.0 Å². The van der Waals surface area contributed by atoms with Crippen LogP contribution in [0.1, 0.15) is 25.8 Å². The zero-order valence-corrected chi connectivity index (χ0v) is 15.6. The number of hydrogen-bond acceptors (Lipinski definition) is 4. The Hall–Kier alpha value is -3.15. The molecule has 1 heterocycles. The van der Waals surface area contributed by atoms with Crippen molar-refractivity contribution in [1.29, 1.82) is 0 Å². The number of amides is 1. The summed E-state index contributed by atoms with van der Waals surface area (Å²) >= 11 is 0. The average molecular weight is 364 g/mol. The minimum atomic E-state index is -0.206. The van der Waals surface area contributed by atoms with E-state index in [9.17, 15) is 4.79 Å². The maximum Gasteiger partial charge on any atom is 0.260 e. The largest absolute Gasteiger partial charge is 0.494 e. The maximum absolute atomic E-state index is 12.1. The molecule has 0 aliphatic rings. The summed E-state index contributed by atoms with van der Waals surface area (Å²) in [5, 5.41) is 4.02. The van der Waals surface area contributed by atoms with Crippen molar-refractivity contribution in [3.63, 3.8) is 0 Å². The van der Waals surface area contributed by atoms with Crippen molar-refractivity contribution in [2.24, 2.45) is 11.0 Å². The quantitative estimate of drug-likeness (QED) is 0.490. The highest BCUT2D eigenvalue weighted by molar-refractivity contribution is 5.83. The predicted molar refractivity (Wildman–Crippen MR) is 107 cm³/mol. The van der Waals surface area contributed by atoms with E-state index in [4.69, 9.17) is 4.74 Å². The van der Waals surface area contributed by atoms with Gasteiger partial charge in [-0.1, -0.05) is 26.0 Å². The molecule has 27 heavy (non-hydrogen) atoms. The SMILES string of the molecule is CC(C)CCOc1ccc(/C=N\NC(=O)Cn2cnc3ccccc32)cc1. The van der Waals surface area contributed by atoms with E-state index in [1.165, 1.54) is 0 Å². The number of nitrogens with zero attached hydrogens (tertiary/aromatic N) is 3. The van der Waals surface area contributed by atoms with E-state index in [1.54, 1.807) is 17.1 Å². The lowest BCUT2D eigenvalue weighted by Gasteiger charge is -2.08. The molecule has 0 atom stereocenters. The second-order valence-corrected chi connectivity index (χ2v) is 6.75. The third kappa shape index (κ3) is 5.41. The van der Waals surface area contributed by atoms with Crippen molar-refractivity contribution in [3.8, 4) is 5.75 Å². The molecule has 140 valence electrons. The van der Waals surface area contributed by atoms with Gasteiger partial charge in [-0.25, -0.2) is 10.4 Å².